The third-order valence-electron chi connectivity index (χ3n) is 4.79. The Balaban J connectivity index is 1.57. The fraction of sp³-hybridized carbons (Fsp3) is 0.500. The highest BCUT2D eigenvalue weighted by Crippen LogP contribution is 2.32. The van der Waals surface area contributed by atoms with E-state index in [1.165, 1.54) is 19.3 Å². The Morgan fingerprint density at radius 1 is 1.12 bits per heavy atom. The van der Waals surface area contributed by atoms with E-state index in [0.717, 1.165) is 18.4 Å². The summed E-state index contributed by atoms with van der Waals surface area (Å²) in [4.78, 5) is 12.0. The molecule has 0 aliphatic heterocycles. The van der Waals surface area contributed by atoms with Gasteiger partial charge in [0, 0.05) is 18.1 Å². The normalized spacial score (nSPS) is 14.8. The zero-order chi connectivity index (χ0) is 18.4. The highest BCUT2D eigenvalue weighted by molar-refractivity contribution is 5.69. The highest BCUT2D eigenvalue weighted by atomic mass is 16.5. The lowest BCUT2D eigenvalue weighted by Crippen LogP contribution is -2.14. The first-order chi connectivity index (χ1) is 12.7. The van der Waals surface area contributed by atoms with E-state index in [-0.39, 0.29) is 12.6 Å². The molecule has 0 amide bonds. The van der Waals surface area contributed by atoms with E-state index in [1.807, 2.05) is 12.1 Å². The first kappa shape index (κ1) is 18.3. The van der Waals surface area contributed by atoms with E-state index in [1.54, 1.807) is 26.4 Å². The first-order valence-electron chi connectivity index (χ1n) is 9.03. The van der Waals surface area contributed by atoms with Crippen molar-refractivity contribution in [2.75, 3.05) is 14.2 Å². The summed E-state index contributed by atoms with van der Waals surface area (Å²) < 4.78 is 21.3. The lowest BCUT2D eigenvalue weighted by Gasteiger charge is -2.20. The van der Waals surface area contributed by atoms with Crippen molar-refractivity contribution in [2.45, 2.75) is 45.1 Å². The molecule has 1 aliphatic carbocycles. The van der Waals surface area contributed by atoms with Crippen molar-refractivity contribution in [1.82, 2.24) is 5.16 Å². The molecule has 6 nitrogen and oxygen atoms in total. The maximum Gasteiger partial charge on any atom is 0.306 e. The van der Waals surface area contributed by atoms with Crippen molar-refractivity contribution in [3.63, 3.8) is 0 Å². The third-order valence-corrected chi connectivity index (χ3v) is 4.79. The van der Waals surface area contributed by atoms with Crippen LogP contribution >= 0.6 is 0 Å². The van der Waals surface area contributed by atoms with Crippen molar-refractivity contribution >= 4 is 5.97 Å². The van der Waals surface area contributed by atoms with E-state index >= 15 is 0 Å². The van der Waals surface area contributed by atoms with Crippen LogP contribution in [0.25, 0.3) is 11.3 Å². The maximum absolute atomic E-state index is 12.0. The van der Waals surface area contributed by atoms with Crippen molar-refractivity contribution in [1.29, 1.82) is 0 Å². The number of hydrogen-bond donors (Lipinski definition) is 0. The molecule has 1 saturated carbocycles. The largest absolute Gasteiger partial charge is 0.493 e. The fourth-order valence-corrected chi connectivity index (χ4v) is 3.35. The lowest BCUT2D eigenvalue weighted by atomic mass is 9.87. The van der Waals surface area contributed by atoms with Crippen LogP contribution in [0, 0.1) is 5.92 Å². The molecule has 1 fully saturated rings. The molecular formula is C20H25NO5. The van der Waals surface area contributed by atoms with Gasteiger partial charge in [-0.2, -0.15) is 0 Å². The number of ether oxygens (including phenoxy) is 3. The number of nitrogens with zero attached hydrogens (tertiary/aromatic N) is 1. The van der Waals surface area contributed by atoms with E-state index in [9.17, 15) is 4.79 Å². The van der Waals surface area contributed by atoms with Crippen molar-refractivity contribution < 1.29 is 23.5 Å². The smallest absolute Gasteiger partial charge is 0.306 e. The Morgan fingerprint density at radius 3 is 2.62 bits per heavy atom. The molecule has 0 saturated heterocycles. The molecule has 1 aliphatic rings. The number of rotatable bonds is 7. The number of esters is 1. The molecule has 26 heavy (non-hydrogen) atoms. The summed E-state index contributed by atoms with van der Waals surface area (Å²) >= 11 is 0. The minimum atomic E-state index is -0.160. The second-order valence-electron chi connectivity index (χ2n) is 6.62. The van der Waals surface area contributed by atoms with Gasteiger partial charge in [-0.15, -0.1) is 0 Å². The van der Waals surface area contributed by atoms with Gasteiger partial charge in [-0.3, -0.25) is 4.79 Å². The minimum Gasteiger partial charge on any atom is -0.493 e. The van der Waals surface area contributed by atoms with Crippen LogP contribution in [0.5, 0.6) is 11.5 Å². The maximum atomic E-state index is 12.0. The van der Waals surface area contributed by atoms with Gasteiger partial charge in [0.15, 0.2) is 17.3 Å². The molecule has 1 aromatic carbocycles. The van der Waals surface area contributed by atoms with Crippen LogP contribution in [0.4, 0.5) is 0 Å². The summed E-state index contributed by atoms with van der Waals surface area (Å²) in [5, 5.41) is 3.99. The molecule has 1 aromatic heterocycles. The number of carbonyl (C=O) groups is 1. The highest BCUT2D eigenvalue weighted by Gasteiger charge is 2.18. The van der Waals surface area contributed by atoms with Gasteiger partial charge in [-0.1, -0.05) is 24.4 Å². The van der Waals surface area contributed by atoms with Gasteiger partial charge in [-0.05, 0) is 37.0 Å². The zero-order valence-electron chi connectivity index (χ0n) is 15.3. The molecule has 0 unspecified atom stereocenters. The molecule has 6 heteroatoms. The predicted octanol–water partition coefficient (Wildman–Crippen LogP) is 4.37. The Hall–Kier alpha value is -2.50. The Kier molecular flexibility index (Phi) is 6.15. The Morgan fingerprint density at radius 2 is 1.88 bits per heavy atom. The minimum absolute atomic E-state index is 0.127. The standard InChI is InChI=1S/C20H25NO5/c1-23-17-9-8-15(11-19(17)24-2)18-12-16(21-26-18)13-25-20(22)10-14-6-4-3-5-7-14/h8-9,11-12,14H,3-7,10,13H2,1-2H3. The van der Waals surface area contributed by atoms with Crippen LogP contribution in [0.3, 0.4) is 0 Å². The van der Waals surface area contributed by atoms with Crippen LogP contribution in [0.15, 0.2) is 28.8 Å². The van der Waals surface area contributed by atoms with Crippen LogP contribution in [-0.4, -0.2) is 25.3 Å². The summed E-state index contributed by atoms with van der Waals surface area (Å²) in [5.41, 5.74) is 1.40. The zero-order valence-corrected chi connectivity index (χ0v) is 15.3. The van der Waals surface area contributed by atoms with Crippen LogP contribution < -0.4 is 9.47 Å². The SMILES string of the molecule is COc1ccc(-c2cc(COC(=O)CC3CCCCC3)no2)cc1OC. The predicted molar refractivity (Wildman–Crippen MR) is 96.0 cm³/mol. The van der Waals surface area contributed by atoms with Crippen LogP contribution in [0.1, 0.15) is 44.2 Å². The lowest BCUT2D eigenvalue weighted by molar-refractivity contribution is -0.146. The molecule has 0 spiro atoms. The summed E-state index contributed by atoms with van der Waals surface area (Å²) in [6.07, 6.45) is 6.47. The molecule has 0 N–H and O–H groups in total. The number of carbonyl (C=O) groups excluding carboxylic acids is 1. The average molecular weight is 359 g/mol. The van der Waals surface area contributed by atoms with Gasteiger partial charge in [-0.25, -0.2) is 0 Å². The van der Waals surface area contributed by atoms with Gasteiger partial charge < -0.3 is 18.7 Å². The molecular weight excluding hydrogens is 334 g/mol. The summed E-state index contributed by atoms with van der Waals surface area (Å²) in [5.74, 6) is 2.15. The monoisotopic (exact) mass is 359 g/mol. The van der Waals surface area contributed by atoms with E-state index in [0.29, 0.717) is 35.3 Å². The van der Waals surface area contributed by atoms with Crippen LogP contribution in [-0.2, 0) is 16.1 Å². The molecule has 140 valence electrons. The second-order valence-corrected chi connectivity index (χ2v) is 6.62. The third kappa shape index (κ3) is 4.56. The molecule has 2 aromatic rings. The van der Waals surface area contributed by atoms with E-state index < -0.39 is 0 Å². The van der Waals surface area contributed by atoms with Gasteiger partial charge in [0.05, 0.1) is 14.2 Å². The first-order valence-corrected chi connectivity index (χ1v) is 9.03. The molecule has 0 radical (unpaired) electrons. The molecule has 1 heterocycles. The fourth-order valence-electron chi connectivity index (χ4n) is 3.35. The number of methoxy groups -OCH3 is 2. The molecule has 0 bridgehead atoms. The quantitative estimate of drug-likeness (QED) is 0.684. The Labute approximate surface area is 153 Å². The molecule has 3 rings (SSSR count). The Bertz CT molecular complexity index is 734. The van der Waals surface area contributed by atoms with Crippen LogP contribution in [0.2, 0.25) is 0 Å². The summed E-state index contributed by atoms with van der Waals surface area (Å²) in [6.45, 7) is 0.127. The second kappa shape index (κ2) is 8.74. The summed E-state index contributed by atoms with van der Waals surface area (Å²) in [7, 11) is 3.17. The van der Waals surface area contributed by atoms with Gasteiger partial charge >= 0.3 is 5.97 Å². The number of hydrogen-bond acceptors (Lipinski definition) is 6. The van der Waals surface area contributed by atoms with Gasteiger partial charge in [0.1, 0.15) is 12.3 Å². The van der Waals surface area contributed by atoms with E-state index in [4.69, 9.17) is 18.7 Å². The van der Waals surface area contributed by atoms with Crippen molar-refractivity contribution in [3.05, 3.63) is 30.0 Å². The van der Waals surface area contributed by atoms with Gasteiger partial charge in [0.25, 0.3) is 0 Å². The average Bonchev–Trinajstić information content (AvgIpc) is 3.15. The van der Waals surface area contributed by atoms with Gasteiger partial charge in [0.2, 0.25) is 0 Å². The number of aromatic nitrogens is 1. The van der Waals surface area contributed by atoms with Crippen molar-refractivity contribution in [2.24, 2.45) is 5.92 Å². The van der Waals surface area contributed by atoms with E-state index in [2.05, 4.69) is 5.16 Å². The molecule has 0 atom stereocenters. The summed E-state index contributed by atoms with van der Waals surface area (Å²) in [6, 6.07) is 7.26. The topological polar surface area (TPSA) is 70.8 Å². The van der Waals surface area contributed by atoms with Crippen molar-refractivity contribution in [3.8, 4) is 22.8 Å². The number of benzene rings is 1.